The minimum Gasteiger partial charge on any atom is -0.477 e. The highest BCUT2D eigenvalue weighted by Gasteiger charge is 2.59. The molecule has 3 aliphatic rings. The number of nitrogens with zero attached hydrogens (tertiary/aromatic N) is 2. The Morgan fingerprint density at radius 1 is 1.39 bits per heavy atom. The maximum Gasteiger partial charge on any atom is 0.352 e. The van der Waals surface area contributed by atoms with Crippen LogP contribution in [0.2, 0.25) is 0 Å². The van der Waals surface area contributed by atoms with Gasteiger partial charge in [-0.2, -0.15) is 0 Å². The standard InChI is InChI=1S/C15H21N3O5/c1-6-9(5-17-3-8(4-17)13(16)20)12(15(22)23)18-11(6)10(7(2)19)14(18)21/h6-8,10-11,19H,3-5H2,1-2H3,(H2,16,20)(H,22,23). The third kappa shape index (κ3) is 2.24. The number of hydrogen-bond donors (Lipinski definition) is 3. The fourth-order valence-electron chi connectivity index (χ4n) is 3.97. The highest BCUT2D eigenvalue weighted by Crippen LogP contribution is 2.47. The van der Waals surface area contributed by atoms with E-state index in [0.717, 1.165) is 0 Å². The van der Waals surface area contributed by atoms with E-state index in [2.05, 4.69) is 0 Å². The predicted octanol–water partition coefficient (Wildman–Crippen LogP) is -1.40. The zero-order valence-electron chi connectivity index (χ0n) is 13.1. The van der Waals surface area contributed by atoms with Gasteiger partial charge in [-0.15, -0.1) is 0 Å². The van der Waals surface area contributed by atoms with E-state index in [9.17, 15) is 24.6 Å². The summed E-state index contributed by atoms with van der Waals surface area (Å²) in [6.45, 7) is 4.86. The lowest BCUT2D eigenvalue weighted by molar-refractivity contribution is -0.163. The van der Waals surface area contributed by atoms with E-state index in [0.29, 0.717) is 25.2 Å². The lowest BCUT2D eigenvalue weighted by Crippen LogP contribution is -2.63. The molecule has 4 unspecified atom stereocenters. The maximum atomic E-state index is 12.2. The van der Waals surface area contributed by atoms with Crippen molar-refractivity contribution in [2.24, 2.45) is 23.5 Å². The van der Waals surface area contributed by atoms with Crippen molar-refractivity contribution in [3.63, 3.8) is 0 Å². The molecule has 0 aromatic heterocycles. The molecule has 126 valence electrons. The monoisotopic (exact) mass is 323 g/mol. The van der Waals surface area contributed by atoms with Crippen molar-refractivity contribution < 1.29 is 24.6 Å². The Morgan fingerprint density at radius 2 is 2.00 bits per heavy atom. The number of β-lactam (4-membered cyclic amide) rings is 1. The van der Waals surface area contributed by atoms with Crippen LogP contribution in [0.1, 0.15) is 13.8 Å². The molecule has 8 nitrogen and oxygen atoms in total. The van der Waals surface area contributed by atoms with Crippen LogP contribution in [0.5, 0.6) is 0 Å². The number of aliphatic carboxylic acids is 1. The summed E-state index contributed by atoms with van der Waals surface area (Å²) in [5.41, 5.74) is 5.96. The van der Waals surface area contributed by atoms with Gasteiger partial charge < -0.3 is 20.8 Å². The van der Waals surface area contributed by atoms with Crippen molar-refractivity contribution in [1.82, 2.24) is 9.80 Å². The van der Waals surface area contributed by atoms with Gasteiger partial charge in [0.1, 0.15) is 5.70 Å². The Bertz CT molecular complexity index is 608. The SMILES string of the molecule is CC(O)C1C(=O)N2C(C(=O)O)=C(CN3CC(C(N)=O)C3)C(C)C12. The van der Waals surface area contributed by atoms with Gasteiger partial charge in [-0.3, -0.25) is 14.5 Å². The Labute approximate surface area is 133 Å². The zero-order chi connectivity index (χ0) is 17.0. The number of carboxylic acid groups (broad SMARTS) is 1. The number of rotatable bonds is 5. The largest absolute Gasteiger partial charge is 0.477 e. The number of primary amides is 1. The van der Waals surface area contributed by atoms with Crippen molar-refractivity contribution in [2.45, 2.75) is 26.0 Å². The Morgan fingerprint density at radius 3 is 2.48 bits per heavy atom. The van der Waals surface area contributed by atoms with Crippen LogP contribution in [0.15, 0.2) is 11.3 Å². The summed E-state index contributed by atoms with van der Waals surface area (Å²) in [5.74, 6) is -2.68. The molecule has 0 saturated carbocycles. The van der Waals surface area contributed by atoms with Gasteiger partial charge in [0.25, 0.3) is 0 Å². The molecule has 0 aromatic carbocycles. The smallest absolute Gasteiger partial charge is 0.352 e. The van der Waals surface area contributed by atoms with Crippen LogP contribution < -0.4 is 5.73 Å². The number of hydrogen-bond acceptors (Lipinski definition) is 5. The van der Waals surface area contributed by atoms with Crippen molar-refractivity contribution in [1.29, 1.82) is 0 Å². The molecule has 0 bridgehead atoms. The number of likely N-dealkylation sites (tertiary alicyclic amines) is 1. The minimum atomic E-state index is -1.13. The average Bonchev–Trinajstić information content (AvgIpc) is 2.62. The highest BCUT2D eigenvalue weighted by molar-refractivity contribution is 6.00. The number of aliphatic hydroxyl groups is 1. The first kappa shape index (κ1) is 15.9. The first-order valence-corrected chi connectivity index (χ1v) is 7.73. The van der Waals surface area contributed by atoms with E-state index in [1.165, 1.54) is 4.90 Å². The van der Waals surface area contributed by atoms with Crippen molar-refractivity contribution in [3.05, 3.63) is 11.3 Å². The lowest BCUT2D eigenvalue weighted by Gasteiger charge is -2.46. The average molecular weight is 323 g/mol. The fourth-order valence-corrected chi connectivity index (χ4v) is 3.97. The maximum absolute atomic E-state index is 12.2. The van der Waals surface area contributed by atoms with E-state index in [4.69, 9.17) is 5.73 Å². The molecule has 3 aliphatic heterocycles. The zero-order valence-corrected chi connectivity index (χ0v) is 13.1. The van der Waals surface area contributed by atoms with Gasteiger partial charge in [-0.1, -0.05) is 6.92 Å². The second-order valence-electron chi connectivity index (χ2n) is 6.73. The molecule has 0 spiro atoms. The third-order valence-electron chi connectivity index (χ3n) is 5.27. The van der Waals surface area contributed by atoms with E-state index in [1.807, 2.05) is 11.8 Å². The summed E-state index contributed by atoms with van der Waals surface area (Å²) in [7, 11) is 0. The van der Waals surface area contributed by atoms with Crippen LogP contribution in [0.4, 0.5) is 0 Å². The number of nitrogens with two attached hydrogens (primary N) is 1. The summed E-state index contributed by atoms with van der Waals surface area (Å²) in [5, 5.41) is 19.3. The molecule has 2 amide bonds. The molecule has 0 aliphatic carbocycles. The molecule has 4 N–H and O–H groups in total. The molecule has 2 saturated heterocycles. The summed E-state index contributed by atoms with van der Waals surface area (Å²) in [6.07, 6.45) is -0.802. The molecule has 3 heterocycles. The summed E-state index contributed by atoms with van der Waals surface area (Å²) >= 11 is 0. The van der Waals surface area contributed by atoms with Gasteiger partial charge in [0, 0.05) is 25.6 Å². The van der Waals surface area contributed by atoms with E-state index < -0.39 is 18.0 Å². The number of carbonyl (C=O) groups is 3. The van der Waals surface area contributed by atoms with Gasteiger partial charge in [-0.05, 0) is 12.5 Å². The predicted molar refractivity (Wildman–Crippen MR) is 78.8 cm³/mol. The molecule has 0 aromatic rings. The fraction of sp³-hybridized carbons (Fsp3) is 0.667. The summed E-state index contributed by atoms with van der Waals surface area (Å²) in [4.78, 5) is 38.2. The Hall–Kier alpha value is -1.93. The van der Waals surface area contributed by atoms with Crippen LogP contribution in [-0.4, -0.2) is 69.6 Å². The first-order valence-electron chi connectivity index (χ1n) is 7.73. The topological polar surface area (TPSA) is 124 Å². The molecule has 0 radical (unpaired) electrons. The second-order valence-corrected chi connectivity index (χ2v) is 6.73. The van der Waals surface area contributed by atoms with Crippen LogP contribution >= 0.6 is 0 Å². The minimum absolute atomic E-state index is 0.0342. The molecular weight excluding hydrogens is 302 g/mol. The molecule has 23 heavy (non-hydrogen) atoms. The Balaban J connectivity index is 1.80. The van der Waals surface area contributed by atoms with Gasteiger partial charge in [0.2, 0.25) is 11.8 Å². The summed E-state index contributed by atoms with van der Waals surface area (Å²) in [6, 6.07) is -0.295. The normalized spacial score (nSPS) is 32.4. The number of fused-ring (bicyclic) bond motifs is 1. The number of carbonyl (C=O) groups excluding carboxylic acids is 2. The molecule has 8 heteroatoms. The number of aliphatic hydroxyl groups excluding tert-OH is 1. The van der Waals surface area contributed by atoms with E-state index >= 15 is 0 Å². The quantitative estimate of drug-likeness (QED) is 0.535. The van der Waals surface area contributed by atoms with Crippen molar-refractivity contribution in [3.8, 4) is 0 Å². The molecule has 3 rings (SSSR count). The van der Waals surface area contributed by atoms with Gasteiger partial charge in [0.05, 0.1) is 24.0 Å². The molecule has 4 atom stereocenters. The van der Waals surface area contributed by atoms with Crippen LogP contribution in [0, 0.1) is 17.8 Å². The molecule has 2 fully saturated rings. The number of carboxylic acids is 1. The first-order chi connectivity index (χ1) is 10.7. The number of amides is 2. The van der Waals surface area contributed by atoms with Gasteiger partial charge >= 0.3 is 5.97 Å². The van der Waals surface area contributed by atoms with Crippen molar-refractivity contribution >= 4 is 17.8 Å². The van der Waals surface area contributed by atoms with E-state index in [-0.39, 0.29) is 35.4 Å². The van der Waals surface area contributed by atoms with Crippen LogP contribution in [-0.2, 0) is 14.4 Å². The highest BCUT2D eigenvalue weighted by atomic mass is 16.4. The van der Waals surface area contributed by atoms with Crippen LogP contribution in [0.3, 0.4) is 0 Å². The summed E-state index contributed by atoms with van der Waals surface area (Å²) < 4.78 is 0. The second kappa shape index (κ2) is 5.31. The molecular formula is C15H21N3O5. The van der Waals surface area contributed by atoms with Crippen molar-refractivity contribution in [2.75, 3.05) is 19.6 Å². The third-order valence-corrected chi connectivity index (χ3v) is 5.27. The van der Waals surface area contributed by atoms with Gasteiger partial charge in [0.15, 0.2) is 0 Å². The van der Waals surface area contributed by atoms with E-state index in [1.54, 1.807) is 6.92 Å². The lowest BCUT2D eigenvalue weighted by atomic mass is 9.77. The Kier molecular flexibility index (Phi) is 3.68. The van der Waals surface area contributed by atoms with Gasteiger partial charge in [-0.25, -0.2) is 4.79 Å². The van der Waals surface area contributed by atoms with Crippen LogP contribution in [0.25, 0.3) is 0 Å².